The van der Waals surface area contributed by atoms with Crippen LogP contribution in [0.4, 0.5) is 22.0 Å². The summed E-state index contributed by atoms with van der Waals surface area (Å²) in [6, 6.07) is 6.01. The Morgan fingerprint density at radius 2 is 1.90 bits per heavy atom. The molecule has 4 nitrogen and oxygen atoms in total. The topological polar surface area (TPSA) is 78.2 Å². The van der Waals surface area contributed by atoms with E-state index in [0.29, 0.717) is 30.0 Å². The van der Waals surface area contributed by atoms with E-state index in [1.807, 2.05) is 13.0 Å². The minimum atomic E-state index is -5.81. The lowest BCUT2D eigenvalue weighted by atomic mass is 9.90. The van der Waals surface area contributed by atoms with Gasteiger partial charge in [0.25, 0.3) is 9.84 Å². The summed E-state index contributed by atoms with van der Waals surface area (Å²) in [5, 5.41) is 19.5. The van der Waals surface area contributed by atoms with Gasteiger partial charge in [-0.2, -0.15) is 18.4 Å². The van der Waals surface area contributed by atoms with E-state index in [1.165, 1.54) is 6.07 Å². The molecule has 166 valence electrons. The van der Waals surface area contributed by atoms with Crippen LogP contribution in [-0.2, 0) is 29.1 Å². The third-order valence-electron chi connectivity index (χ3n) is 5.36. The normalized spacial score (nSPS) is 18.6. The zero-order valence-corrected chi connectivity index (χ0v) is 17.1. The highest BCUT2D eigenvalue weighted by Crippen LogP contribution is 2.43. The first-order valence-electron chi connectivity index (χ1n) is 9.41. The highest BCUT2D eigenvalue weighted by molar-refractivity contribution is 7.92. The van der Waals surface area contributed by atoms with Crippen molar-refractivity contribution in [3.63, 3.8) is 0 Å². The fraction of sp³-hybridized carbons (Fsp3) is 0.381. The van der Waals surface area contributed by atoms with Crippen molar-refractivity contribution < 1.29 is 35.5 Å². The number of aliphatic hydroxyl groups excluding tert-OH is 1. The van der Waals surface area contributed by atoms with Crippen LogP contribution in [0.3, 0.4) is 0 Å². The lowest BCUT2D eigenvalue weighted by molar-refractivity contribution is -0.0437. The number of hydrogen-bond donors (Lipinski definition) is 1. The SMILES string of the molecule is CCCc1cc(F)cc(C#N)c1Cc1ccc(S(=O)(=O)C(F)(F)F)c2c1CC(F)C2O. The minimum absolute atomic E-state index is 0.0273. The van der Waals surface area contributed by atoms with Gasteiger partial charge in [0.1, 0.15) is 18.1 Å². The Morgan fingerprint density at radius 1 is 1.23 bits per heavy atom. The van der Waals surface area contributed by atoms with Gasteiger partial charge in [-0.15, -0.1) is 0 Å². The predicted molar refractivity (Wildman–Crippen MR) is 101 cm³/mol. The first kappa shape index (κ1) is 23.2. The summed E-state index contributed by atoms with van der Waals surface area (Å²) in [5.41, 5.74) is -5.02. The van der Waals surface area contributed by atoms with Crippen molar-refractivity contribution in [1.82, 2.24) is 0 Å². The standard InChI is InChI=1S/C21H18F5NO3S/c1-2-3-11-6-14(22)7-13(10-27)15(11)8-12-4-5-18(31(29,30)21(24,25)26)19-16(12)9-17(23)20(19)28/h4-7,17,20,28H,2-3,8-9H2,1H3. The smallest absolute Gasteiger partial charge is 0.385 e. The summed E-state index contributed by atoms with van der Waals surface area (Å²) in [7, 11) is -5.81. The Hall–Kier alpha value is -2.51. The molecule has 0 heterocycles. The maximum atomic E-state index is 14.3. The Labute approximate surface area is 175 Å². The van der Waals surface area contributed by atoms with Crippen LogP contribution in [0.1, 0.15) is 52.8 Å². The Kier molecular flexibility index (Phi) is 6.13. The molecule has 2 unspecified atom stereocenters. The summed E-state index contributed by atoms with van der Waals surface area (Å²) in [4.78, 5) is -1.18. The molecule has 31 heavy (non-hydrogen) atoms. The quantitative estimate of drug-likeness (QED) is 0.670. The molecule has 2 atom stereocenters. The first-order chi connectivity index (χ1) is 14.4. The molecule has 2 aromatic carbocycles. The molecule has 0 saturated heterocycles. The van der Waals surface area contributed by atoms with Crippen molar-refractivity contribution in [2.45, 2.75) is 55.3 Å². The van der Waals surface area contributed by atoms with Crippen molar-refractivity contribution in [2.24, 2.45) is 0 Å². The van der Waals surface area contributed by atoms with Crippen LogP contribution in [0.2, 0.25) is 0 Å². The average Bonchev–Trinajstić information content (AvgIpc) is 2.98. The molecule has 0 amide bonds. The van der Waals surface area contributed by atoms with Gasteiger partial charge in [0.05, 0.1) is 16.5 Å². The highest BCUT2D eigenvalue weighted by atomic mass is 32.2. The molecule has 0 aliphatic heterocycles. The predicted octanol–water partition coefficient (Wildman–Crippen LogP) is 4.46. The maximum absolute atomic E-state index is 14.3. The monoisotopic (exact) mass is 459 g/mol. The van der Waals surface area contributed by atoms with E-state index in [0.717, 1.165) is 12.1 Å². The number of aliphatic hydroxyl groups is 1. The van der Waals surface area contributed by atoms with Crippen LogP contribution in [0.5, 0.6) is 0 Å². The highest BCUT2D eigenvalue weighted by Gasteiger charge is 2.50. The van der Waals surface area contributed by atoms with E-state index >= 15 is 0 Å². The van der Waals surface area contributed by atoms with E-state index in [9.17, 15) is 40.7 Å². The number of halogens is 5. The molecule has 0 saturated carbocycles. The number of aryl methyl sites for hydroxylation is 1. The second kappa shape index (κ2) is 8.20. The number of rotatable bonds is 5. The summed E-state index contributed by atoms with van der Waals surface area (Å²) in [6.45, 7) is 1.85. The summed E-state index contributed by atoms with van der Waals surface area (Å²) in [5.74, 6) is -0.611. The Morgan fingerprint density at radius 3 is 2.48 bits per heavy atom. The fourth-order valence-corrected chi connectivity index (χ4v) is 4.98. The van der Waals surface area contributed by atoms with E-state index in [4.69, 9.17) is 0 Å². The Bertz CT molecular complexity index is 1170. The number of fused-ring (bicyclic) bond motifs is 1. The molecule has 0 spiro atoms. The molecular formula is C21H18F5NO3S. The second-order valence-corrected chi connectivity index (χ2v) is 9.27. The van der Waals surface area contributed by atoms with E-state index in [1.54, 1.807) is 0 Å². The third kappa shape index (κ3) is 4.04. The molecular weight excluding hydrogens is 441 g/mol. The molecule has 1 aliphatic carbocycles. The lowest BCUT2D eigenvalue weighted by Crippen LogP contribution is -2.25. The van der Waals surface area contributed by atoms with Crippen LogP contribution in [0.25, 0.3) is 0 Å². The van der Waals surface area contributed by atoms with Gasteiger partial charge in [0.2, 0.25) is 0 Å². The van der Waals surface area contributed by atoms with E-state index in [2.05, 4.69) is 0 Å². The molecule has 0 fully saturated rings. The maximum Gasteiger partial charge on any atom is 0.501 e. The summed E-state index contributed by atoms with van der Waals surface area (Å²) in [6.07, 6.45) is -3.46. The average molecular weight is 459 g/mol. The molecule has 10 heteroatoms. The molecule has 0 bridgehead atoms. The van der Waals surface area contributed by atoms with Crippen molar-refractivity contribution in [1.29, 1.82) is 5.26 Å². The van der Waals surface area contributed by atoms with Crippen molar-refractivity contribution in [2.75, 3.05) is 0 Å². The second-order valence-electron chi connectivity index (χ2n) is 7.36. The van der Waals surface area contributed by atoms with Gasteiger partial charge in [-0.3, -0.25) is 0 Å². The zero-order chi connectivity index (χ0) is 23.1. The summed E-state index contributed by atoms with van der Waals surface area (Å²) >= 11 is 0. The van der Waals surface area contributed by atoms with Crippen LogP contribution in [0.15, 0.2) is 29.2 Å². The van der Waals surface area contributed by atoms with E-state index < -0.39 is 50.3 Å². The number of nitrogens with zero attached hydrogens (tertiary/aromatic N) is 1. The van der Waals surface area contributed by atoms with Crippen molar-refractivity contribution in [3.8, 4) is 6.07 Å². The third-order valence-corrected chi connectivity index (χ3v) is 6.90. The van der Waals surface area contributed by atoms with Gasteiger partial charge in [-0.1, -0.05) is 19.4 Å². The first-order valence-corrected chi connectivity index (χ1v) is 10.9. The number of hydrogen-bond acceptors (Lipinski definition) is 4. The van der Waals surface area contributed by atoms with Gasteiger partial charge < -0.3 is 5.11 Å². The van der Waals surface area contributed by atoms with Crippen LogP contribution < -0.4 is 0 Å². The van der Waals surface area contributed by atoms with Gasteiger partial charge in [0.15, 0.2) is 0 Å². The summed E-state index contributed by atoms with van der Waals surface area (Å²) < 4.78 is 91.4. The van der Waals surface area contributed by atoms with E-state index in [-0.39, 0.29) is 23.1 Å². The largest absolute Gasteiger partial charge is 0.501 e. The van der Waals surface area contributed by atoms with Crippen LogP contribution >= 0.6 is 0 Å². The van der Waals surface area contributed by atoms with Gasteiger partial charge in [-0.25, -0.2) is 17.2 Å². The van der Waals surface area contributed by atoms with Crippen molar-refractivity contribution in [3.05, 3.63) is 63.5 Å². The van der Waals surface area contributed by atoms with Gasteiger partial charge in [-0.05, 0) is 53.3 Å². The van der Waals surface area contributed by atoms with Crippen LogP contribution in [-0.4, -0.2) is 25.2 Å². The number of benzene rings is 2. The molecule has 2 aromatic rings. The van der Waals surface area contributed by atoms with Crippen molar-refractivity contribution >= 4 is 9.84 Å². The Balaban J connectivity index is 2.21. The van der Waals surface area contributed by atoms with Crippen LogP contribution in [0, 0.1) is 17.1 Å². The zero-order valence-electron chi connectivity index (χ0n) is 16.3. The fourth-order valence-electron chi connectivity index (χ4n) is 3.95. The van der Waals surface area contributed by atoms with Gasteiger partial charge >= 0.3 is 5.51 Å². The molecule has 0 aromatic heterocycles. The molecule has 3 rings (SSSR count). The number of sulfone groups is 1. The van der Waals surface area contributed by atoms with Gasteiger partial charge in [0, 0.05) is 12.0 Å². The minimum Gasteiger partial charge on any atom is -0.385 e. The molecule has 0 radical (unpaired) electrons. The molecule has 1 aliphatic rings. The number of alkyl halides is 4. The lowest BCUT2D eigenvalue weighted by Gasteiger charge is -2.18. The molecule has 1 N–H and O–H groups in total. The number of nitriles is 1.